The predicted molar refractivity (Wildman–Crippen MR) is 152 cm³/mol. The smallest absolute Gasteiger partial charge is 0.328 e. The molecular weight excluding hydrogens is 588 g/mol. The van der Waals surface area contributed by atoms with Crippen LogP contribution in [0.25, 0.3) is 0 Å². The second-order valence-electron chi connectivity index (χ2n) is 10.1. The number of aliphatic carboxylic acids is 1. The molecule has 0 saturated heterocycles. The van der Waals surface area contributed by atoms with E-state index in [2.05, 4.69) is 26.6 Å². The molecule has 250 valence electrons. The highest BCUT2D eigenvalue weighted by Gasteiger charge is 2.33. The number of nitrogens with one attached hydrogen (secondary N) is 6. The van der Waals surface area contributed by atoms with Crippen molar-refractivity contribution in [3.05, 3.63) is 0 Å². The number of carbonyl (C=O) groups is 8. The molecule has 0 saturated carbocycles. The van der Waals surface area contributed by atoms with Gasteiger partial charge in [-0.05, 0) is 26.2 Å². The molecule has 13 N–H and O–H groups in total. The minimum absolute atomic E-state index is 0.301. The lowest BCUT2D eigenvalue weighted by molar-refractivity contribution is -0.142. The first-order valence-corrected chi connectivity index (χ1v) is 13.8. The summed E-state index contributed by atoms with van der Waals surface area (Å²) in [5.74, 6) is -8.06. The molecule has 19 nitrogen and oxygen atoms in total. The summed E-state index contributed by atoms with van der Waals surface area (Å²) in [6.07, 6.45) is -0.306. The largest absolute Gasteiger partial charge is 0.480 e. The number of hydrogen-bond acceptors (Lipinski definition) is 11. The van der Waals surface area contributed by atoms with Gasteiger partial charge >= 0.3 is 5.97 Å². The van der Waals surface area contributed by atoms with Crippen molar-refractivity contribution < 1.29 is 53.7 Å². The number of rotatable bonds is 20. The van der Waals surface area contributed by atoms with Crippen molar-refractivity contribution in [1.29, 1.82) is 0 Å². The second kappa shape index (κ2) is 19.8. The van der Waals surface area contributed by atoms with Crippen molar-refractivity contribution in [2.45, 2.75) is 83.2 Å². The minimum atomic E-state index is -1.62. The first kappa shape index (κ1) is 39.6. The second-order valence-corrected chi connectivity index (χ2v) is 10.1. The van der Waals surface area contributed by atoms with Crippen molar-refractivity contribution >= 4 is 47.3 Å². The Morgan fingerprint density at radius 2 is 1.27 bits per heavy atom. The van der Waals surface area contributed by atoms with Gasteiger partial charge in [-0.15, -0.1) is 0 Å². The van der Waals surface area contributed by atoms with Crippen LogP contribution in [0.5, 0.6) is 0 Å². The average molecular weight is 633 g/mol. The number of primary amides is 1. The molecule has 7 amide bonds. The Kier molecular flexibility index (Phi) is 17.8. The minimum Gasteiger partial charge on any atom is -0.480 e. The van der Waals surface area contributed by atoms with E-state index in [1.807, 2.05) is 5.32 Å². The predicted octanol–water partition coefficient (Wildman–Crippen LogP) is -5.73. The van der Waals surface area contributed by atoms with Crippen LogP contribution < -0.4 is 43.4 Å². The lowest BCUT2D eigenvalue weighted by Crippen LogP contribution is -2.60. The van der Waals surface area contributed by atoms with Gasteiger partial charge in [-0.1, -0.05) is 20.3 Å². The number of carbonyl (C=O) groups excluding carboxylic acids is 7. The summed E-state index contributed by atoms with van der Waals surface area (Å²) in [4.78, 5) is 97.6. The van der Waals surface area contributed by atoms with E-state index in [1.54, 1.807) is 13.8 Å². The van der Waals surface area contributed by atoms with Crippen LogP contribution in [0, 0.1) is 5.92 Å². The molecule has 0 heterocycles. The zero-order chi connectivity index (χ0) is 34.1. The Hall–Kier alpha value is -4.36. The van der Waals surface area contributed by atoms with E-state index in [0.717, 1.165) is 0 Å². The summed E-state index contributed by atoms with van der Waals surface area (Å²) in [5.41, 5.74) is 10.6. The van der Waals surface area contributed by atoms with Gasteiger partial charge in [0, 0.05) is 6.42 Å². The third kappa shape index (κ3) is 14.2. The molecule has 7 atom stereocenters. The number of aliphatic hydroxyl groups is 2. The van der Waals surface area contributed by atoms with Gasteiger partial charge < -0.3 is 58.7 Å². The third-order valence-corrected chi connectivity index (χ3v) is 6.33. The van der Waals surface area contributed by atoms with E-state index in [0.29, 0.717) is 6.42 Å². The molecule has 0 aromatic carbocycles. The van der Waals surface area contributed by atoms with Crippen LogP contribution in [0.1, 0.15) is 47.0 Å². The van der Waals surface area contributed by atoms with E-state index in [1.165, 1.54) is 13.8 Å². The highest BCUT2D eigenvalue weighted by Crippen LogP contribution is 2.10. The molecule has 0 aliphatic carbocycles. The van der Waals surface area contributed by atoms with Crippen LogP contribution in [0.4, 0.5) is 0 Å². The van der Waals surface area contributed by atoms with Crippen LogP contribution in [0.2, 0.25) is 0 Å². The van der Waals surface area contributed by atoms with Crippen molar-refractivity contribution in [3.8, 4) is 0 Å². The van der Waals surface area contributed by atoms with Gasteiger partial charge in [0.05, 0.1) is 25.8 Å². The molecule has 0 spiro atoms. The Labute approximate surface area is 253 Å². The fraction of sp³-hybridized carbons (Fsp3) is 0.680. The van der Waals surface area contributed by atoms with E-state index in [-0.39, 0.29) is 12.8 Å². The van der Waals surface area contributed by atoms with E-state index in [4.69, 9.17) is 21.7 Å². The molecule has 0 radical (unpaired) electrons. The number of amides is 7. The van der Waals surface area contributed by atoms with Crippen LogP contribution in [-0.2, 0) is 38.4 Å². The average Bonchev–Trinajstić information content (AvgIpc) is 2.96. The number of hydrogen-bond donors (Lipinski definition) is 11. The quantitative estimate of drug-likeness (QED) is 0.0598. The maximum absolute atomic E-state index is 13.3. The number of aliphatic hydroxyl groups excluding tert-OH is 2. The summed E-state index contributed by atoms with van der Waals surface area (Å²) < 4.78 is 0. The Bertz CT molecular complexity index is 1060. The first-order chi connectivity index (χ1) is 20.5. The molecule has 0 aromatic rings. The number of nitrogens with two attached hydrogens (primary N) is 2. The van der Waals surface area contributed by atoms with Gasteiger partial charge in [-0.2, -0.15) is 0 Å². The van der Waals surface area contributed by atoms with Gasteiger partial charge in [0.15, 0.2) is 0 Å². The summed E-state index contributed by atoms with van der Waals surface area (Å²) in [5, 5.41) is 41.2. The topological polar surface area (TPSA) is 321 Å². The molecule has 0 rings (SSSR count). The molecule has 19 heteroatoms. The van der Waals surface area contributed by atoms with Gasteiger partial charge in [-0.25, -0.2) is 4.79 Å². The summed E-state index contributed by atoms with van der Waals surface area (Å²) in [6.45, 7) is 3.53. The van der Waals surface area contributed by atoms with Crippen molar-refractivity contribution in [3.63, 3.8) is 0 Å². The van der Waals surface area contributed by atoms with Crippen LogP contribution in [-0.4, -0.2) is 119 Å². The maximum Gasteiger partial charge on any atom is 0.328 e. The van der Waals surface area contributed by atoms with E-state index >= 15 is 0 Å². The van der Waals surface area contributed by atoms with Crippen molar-refractivity contribution in [2.75, 3.05) is 19.8 Å². The first-order valence-electron chi connectivity index (χ1n) is 13.8. The summed E-state index contributed by atoms with van der Waals surface area (Å²) in [7, 11) is 0. The van der Waals surface area contributed by atoms with Crippen molar-refractivity contribution in [1.82, 2.24) is 31.9 Å². The Morgan fingerprint density at radius 3 is 1.75 bits per heavy atom. The molecule has 7 unspecified atom stereocenters. The number of carboxylic acids is 1. The van der Waals surface area contributed by atoms with E-state index in [9.17, 15) is 43.5 Å². The standard InChI is InChI=1S/C25H44N8O11/c1-5-11(2)19(33-23(41)15(9-34)32-21(39)13(4)29-20(38)12(3)26)24(42)31-14(6-7-17(27)36)22(40)28-8-18(37)30-16(10-35)25(43)44/h11-16,19,34-35H,5-10,26H2,1-4H3,(H2,27,36)(H,28,40)(H,29,38)(H,30,37)(H,31,42)(H,32,39)(H,33,41)(H,43,44). The maximum atomic E-state index is 13.3. The van der Waals surface area contributed by atoms with E-state index < -0.39 is 109 Å². The van der Waals surface area contributed by atoms with Gasteiger partial charge in [0.1, 0.15) is 30.2 Å². The van der Waals surface area contributed by atoms with Crippen LogP contribution in [0.3, 0.4) is 0 Å². The van der Waals surface area contributed by atoms with Crippen LogP contribution >= 0.6 is 0 Å². The van der Waals surface area contributed by atoms with Gasteiger partial charge in [0.25, 0.3) is 0 Å². The molecule has 0 aliphatic heterocycles. The molecule has 0 fully saturated rings. The van der Waals surface area contributed by atoms with Crippen molar-refractivity contribution in [2.24, 2.45) is 17.4 Å². The molecule has 44 heavy (non-hydrogen) atoms. The van der Waals surface area contributed by atoms with Gasteiger partial charge in [0.2, 0.25) is 41.4 Å². The highest BCUT2D eigenvalue weighted by molar-refractivity contribution is 5.96. The fourth-order valence-electron chi connectivity index (χ4n) is 3.40. The lowest BCUT2D eigenvalue weighted by Gasteiger charge is -2.28. The van der Waals surface area contributed by atoms with Gasteiger partial charge in [-0.3, -0.25) is 33.6 Å². The van der Waals surface area contributed by atoms with Crippen LogP contribution in [0.15, 0.2) is 0 Å². The normalized spacial score (nSPS) is 15.5. The summed E-state index contributed by atoms with van der Waals surface area (Å²) in [6, 6.07) is -7.90. The monoisotopic (exact) mass is 632 g/mol. The molecular formula is C25H44N8O11. The molecule has 0 aliphatic rings. The zero-order valence-electron chi connectivity index (χ0n) is 25.0. The number of carboxylic acid groups (broad SMARTS) is 1. The Balaban J connectivity index is 5.64. The zero-order valence-corrected chi connectivity index (χ0v) is 25.0. The third-order valence-electron chi connectivity index (χ3n) is 6.33. The highest BCUT2D eigenvalue weighted by atomic mass is 16.4. The Morgan fingerprint density at radius 1 is 0.705 bits per heavy atom. The summed E-state index contributed by atoms with van der Waals surface area (Å²) >= 11 is 0. The molecule has 0 aromatic heterocycles. The lowest BCUT2D eigenvalue weighted by atomic mass is 9.97. The molecule has 0 bridgehead atoms. The SMILES string of the molecule is CCC(C)C(NC(=O)C(CO)NC(=O)C(C)NC(=O)C(C)N)C(=O)NC(CCC(N)=O)C(=O)NCC(=O)NC(CO)C(=O)O. The fourth-order valence-corrected chi connectivity index (χ4v) is 3.40.